The van der Waals surface area contributed by atoms with E-state index in [9.17, 15) is 14.4 Å². The number of nitrogens with one attached hydrogen (secondary N) is 2. The number of benzene rings is 1. The highest BCUT2D eigenvalue weighted by molar-refractivity contribution is 6.30. The van der Waals surface area contributed by atoms with E-state index in [4.69, 9.17) is 16.3 Å². The summed E-state index contributed by atoms with van der Waals surface area (Å²) in [5.74, 6) is -1.67. The van der Waals surface area contributed by atoms with Crippen molar-refractivity contribution in [2.24, 2.45) is 0 Å². The number of hydrogen-bond donors (Lipinski definition) is 2. The molecule has 1 aromatic carbocycles. The molecule has 0 fully saturated rings. The fourth-order valence-electron chi connectivity index (χ4n) is 1.70. The maximum atomic E-state index is 11.7. The second-order valence-electron chi connectivity index (χ2n) is 4.42. The van der Waals surface area contributed by atoms with Gasteiger partial charge in [0.2, 0.25) is 0 Å². The fourth-order valence-corrected chi connectivity index (χ4v) is 1.86. The largest absolute Gasteiger partial charge is 0.465 e. The van der Waals surface area contributed by atoms with Crippen LogP contribution >= 0.6 is 11.6 Å². The lowest BCUT2D eigenvalue weighted by Gasteiger charge is -2.06. The Morgan fingerprint density at radius 1 is 1.17 bits per heavy atom. The number of carbonyl (C=O) groups excluding carboxylic acids is 3. The number of halogens is 1. The van der Waals surface area contributed by atoms with Crippen molar-refractivity contribution < 1.29 is 23.9 Å². The number of carbonyl (C=O) groups is 3. The van der Waals surface area contributed by atoms with Crippen LogP contribution in [-0.2, 0) is 14.3 Å². The van der Waals surface area contributed by atoms with Gasteiger partial charge in [-0.05, 0) is 30.3 Å². The number of methoxy groups -OCH3 is 1. The molecule has 0 aliphatic heterocycles. The van der Waals surface area contributed by atoms with Crippen LogP contribution in [0.5, 0.6) is 0 Å². The van der Waals surface area contributed by atoms with Crippen molar-refractivity contribution in [2.45, 2.75) is 0 Å². The molecule has 0 saturated heterocycles. The number of hydrogen-bond acceptors (Lipinski definition) is 5. The van der Waals surface area contributed by atoms with Crippen LogP contribution in [-0.4, -0.2) is 36.5 Å². The van der Waals surface area contributed by atoms with Crippen LogP contribution in [0.25, 0.3) is 0 Å². The summed E-state index contributed by atoms with van der Waals surface area (Å²) in [4.78, 5) is 37.2. The molecule has 2 N–H and O–H groups in total. The Morgan fingerprint density at radius 2 is 1.87 bits per heavy atom. The van der Waals surface area contributed by atoms with Crippen LogP contribution in [0.2, 0.25) is 5.02 Å². The summed E-state index contributed by atoms with van der Waals surface area (Å²) in [7, 11) is 1.28. The molecule has 1 amide bonds. The van der Waals surface area contributed by atoms with Gasteiger partial charge < -0.3 is 19.8 Å². The van der Waals surface area contributed by atoms with Crippen molar-refractivity contribution >= 4 is 35.1 Å². The highest BCUT2D eigenvalue weighted by Gasteiger charge is 2.12. The third kappa shape index (κ3) is 4.58. The van der Waals surface area contributed by atoms with Gasteiger partial charge in [-0.1, -0.05) is 11.6 Å². The summed E-state index contributed by atoms with van der Waals surface area (Å²) in [5.41, 5.74) is 0.979. The Morgan fingerprint density at radius 3 is 2.43 bits per heavy atom. The monoisotopic (exact) mass is 336 g/mol. The number of anilines is 1. The second kappa shape index (κ2) is 7.46. The van der Waals surface area contributed by atoms with Crippen LogP contribution in [0.4, 0.5) is 5.69 Å². The predicted molar refractivity (Wildman–Crippen MR) is 82.5 cm³/mol. The fraction of sp³-hybridized carbons (Fsp3) is 0.133. The van der Waals surface area contributed by atoms with Gasteiger partial charge in [0, 0.05) is 11.9 Å². The smallest absolute Gasteiger partial charge is 0.355 e. The molecule has 120 valence electrons. The first-order valence-corrected chi connectivity index (χ1v) is 6.86. The van der Waals surface area contributed by atoms with Crippen molar-refractivity contribution in [3.63, 3.8) is 0 Å². The second-order valence-corrected chi connectivity index (χ2v) is 4.86. The average Bonchev–Trinajstić information content (AvgIpc) is 2.99. The third-order valence-electron chi connectivity index (χ3n) is 2.79. The summed E-state index contributed by atoms with van der Waals surface area (Å²) in [6.07, 6.45) is 1.43. The van der Waals surface area contributed by atoms with Crippen LogP contribution in [0.3, 0.4) is 0 Å². The molecule has 1 heterocycles. The molecule has 2 rings (SSSR count). The Kier molecular flexibility index (Phi) is 5.37. The van der Waals surface area contributed by atoms with E-state index in [1.807, 2.05) is 0 Å². The van der Waals surface area contributed by atoms with E-state index in [2.05, 4.69) is 15.0 Å². The molecule has 0 aliphatic rings. The number of ether oxygens (including phenoxy) is 2. The zero-order chi connectivity index (χ0) is 16.8. The molecular formula is C15H13ClN2O5. The minimum atomic E-state index is -0.687. The number of H-pyrrole nitrogens is 1. The van der Waals surface area contributed by atoms with Crippen LogP contribution in [0.15, 0.2) is 36.5 Å². The van der Waals surface area contributed by atoms with Crippen LogP contribution < -0.4 is 5.32 Å². The predicted octanol–water partition coefficient (Wildman–Crippen LogP) is 2.25. The van der Waals surface area contributed by atoms with E-state index >= 15 is 0 Å². The number of rotatable bonds is 5. The minimum Gasteiger partial charge on any atom is -0.465 e. The standard InChI is InChI=1S/C15H13ClN2O5/c1-22-14(20)9-2-4-11(5-3-9)18-13(19)8-23-15(21)12-6-10(16)7-17-12/h2-7,17H,8H2,1H3,(H,18,19). The van der Waals surface area contributed by atoms with E-state index in [0.29, 0.717) is 16.3 Å². The summed E-state index contributed by atoms with van der Waals surface area (Å²) in [6.45, 7) is -0.450. The van der Waals surface area contributed by atoms with Crippen molar-refractivity contribution in [1.29, 1.82) is 0 Å². The molecule has 0 spiro atoms. The Hall–Kier alpha value is -2.80. The van der Waals surface area contributed by atoms with E-state index < -0.39 is 24.5 Å². The summed E-state index contributed by atoms with van der Waals surface area (Å²) >= 11 is 5.67. The number of esters is 2. The van der Waals surface area contributed by atoms with Crippen LogP contribution in [0.1, 0.15) is 20.8 Å². The van der Waals surface area contributed by atoms with Gasteiger partial charge in [0.15, 0.2) is 6.61 Å². The van der Waals surface area contributed by atoms with Gasteiger partial charge in [-0.15, -0.1) is 0 Å². The zero-order valence-electron chi connectivity index (χ0n) is 12.1. The van der Waals surface area contributed by atoms with Gasteiger partial charge >= 0.3 is 11.9 Å². The molecule has 2 aromatic rings. The van der Waals surface area contributed by atoms with Crippen molar-refractivity contribution in [1.82, 2.24) is 4.98 Å². The molecule has 0 unspecified atom stereocenters. The molecule has 0 saturated carbocycles. The first-order valence-electron chi connectivity index (χ1n) is 6.49. The average molecular weight is 337 g/mol. The Labute approximate surface area is 136 Å². The van der Waals surface area contributed by atoms with Gasteiger partial charge in [-0.3, -0.25) is 4.79 Å². The van der Waals surface area contributed by atoms with Gasteiger partial charge in [0.1, 0.15) is 5.69 Å². The quantitative estimate of drug-likeness (QED) is 0.816. The third-order valence-corrected chi connectivity index (χ3v) is 3.01. The number of aromatic amines is 1. The Bertz CT molecular complexity index is 724. The topological polar surface area (TPSA) is 97.5 Å². The number of amides is 1. The highest BCUT2D eigenvalue weighted by Crippen LogP contribution is 2.12. The summed E-state index contributed by atoms with van der Waals surface area (Å²) < 4.78 is 9.41. The molecule has 0 aliphatic carbocycles. The van der Waals surface area contributed by atoms with Crippen LogP contribution in [0, 0.1) is 0 Å². The van der Waals surface area contributed by atoms with Crippen molar-refractivity contribution in [3.8, 4) is 0 Å². The summed E-state index contributed by atoms with van der Waals surface area (Å²) in [5, 5.41) is 2.90. The first kappa shape index (κ1) is 16.6. The van der Waals surface area contributed by atoms with Crippen molar-refractivity contribution in [3.05, 3.63) is 52.8 Å². The lowest BCUT2D eigenvalue weighted by molar-refractivity contribution is -0.119. The number of aromatic nitrogens is 1. The Balaban J connectivity index is 1.85. The molecular weight excluding hydrogens is 324 g/mol. The van der Waals surface area contributed by atoms with Gasteiger partial charge in [-0.2, -0.15) is 0 Å². The SMILES string of the molecule is COC(=O)c1ccc(NC(=O)COC(=O)c2cc(Cl)c[nH]2)cc1. The molecule has 1 aromatic heterocycles. The molecule has 7 nitrogen and oxygen atoms in total. The lowest BCUT2D eigenvalue weighted by atomic mass is 10.2. The zero-order valence-corrected chi connectivity index (χ0v) is 12.8. The molecule has 23 heavy (non-hydrogen) atoms. The molecule has 0 atom stereocenters. The van der Waals surface area contributed by atoms with Gasteiger partial charge in [-0.25, -0.2) is 9.59 Å². The lowest BCUT2D eigenvalue weighted by Crippen LogP contribution is -2.21. The van der Waals surface area contributed by atoms with E-state index in [1.54, 1.807) is 0 Å². The normalized spacial score (nSPS) is 10.0. The van der Waals surface area contributed by atoms with E-state index in [-0.39, 0.29) is 5.69 Å². The highest BCUT2D eigenvalue weighted by atomic mass is 35.5. The first-order chi connectivity index (χ1) is 11.0. The van der Waals surface area contributed by atoms with Crippen molar-refractivity contribution in [2.75, 3.05) is 19.0 Å². The van der Waals surface area contributed by atoms with Gasteiger partial charge in [0.05, 0.1) is 17.7 Å². The van der Waals surface area contributed by atoms with E-state index in [0.717, 1.165) is 0 Å². The summed E-state index contributed by atoms with van der Waals surface area (Å²) in [6, 6.07) is 7.49. The van der Waals surface area contributed by atoms with E-state index in [1.165, 1.54) is 43.6 Å². The molecule has 8 heteroatoms. The maximum absolute atomic E-state index is 11.7. The maximum Gasteiger partial charge on any atom is 0.355 e. The molecule has 0 radical (unpaired) electrons. The van der Waals surface area contributed by atoms with Gasteiger partial charge in [0.25, 0.3) is 5.91 Å². The molecule has 0 bridgehead atoms. The minimum absolute atomic E-state index is 0.158.